The number of benzene rings is 3. The summed E-state index contributed by atoms with van der Waals surface area (Å²) in [6.45, 7) is 9.12. The monoisotopic (exact) mass is 602 g/mol. The average Bonchev–Trinajstić information content (AvgIpc) is 3.40. The van der Waals surface area contributed by atoms with Gasteiger partial charge in [-0.25, -0.2) is 13.4 Å². The molecule has 0 aliphatic rings. The lowest BCUT2D eigenvalue weighted by Gasteiger charge is -2.25. The van der Waals surface area contributed by atoms with Crippen LogP contribution in [0, 0.1) is 0 Å². The highest BCUT2D eigenvalue weighted by molar-refractivity contribution is 7.92. The summed E-state index contributed by atoms with van der Waals surface area (Å²) in [5.74, 6) is 0.416. The van der Waals surface area contributed by atoms with Crippen LogP contribution < -0.4 is 13.9 Å². The molecule has 4 aromatic rings. The summed E-state index contributed by atoms with van der Waals surface area (Å²) in [4.78, 5) is 22.6. The zero-order chi connectivity index (χ0) is 28.0. The highest BCUT2D eigenvalue weighted by Gasteiger charge is 2.26. The predicted octanol–water partition coefficient (Wildman–Crippen LogP) is 5.93. The number of rotatable bonds is 12. The Morgan fingerprint density at radius 3 is 2.15 bits per heavy atom. The third-order valence-electron chi connectivity index (χ3n) is 6.62. The third kappa shape index (κ3) is 6.58. The summed E-state index contributed by atoms with van der Waals surface area (Å²) >= 11 is 1.43. The standard InChI is InChI=1S/C29H34N4O4S2.ClH/c1-5-31(6-2)20-21-32(29-30-27-25(37-4)14-11-15-26(27)38-29)28(34)22-16-18-24(19-17-22)39(35,36)33(7-3)23-12-9-8-10-13-23;/h8-19H,5-7,20-21H2,1-4H3;1H. The number of carbonyl (C=O) groups is 1. The highest BCUT2D eigenvalue weighted by atomic mass is 35.5. The number of aromatic nitrogens is 1. The van der Waals surface area contributed by atoms with Crippen molar-refractivity contribution in [1.29, 1.82) is 0 Å². The maximum Gasteiger partial charge on any atom is 0.264 e. The van der Waals surface area contributed by atoms with Crippen LogP contribution in [-0.4, -0.2) is 64.0 Å². The molecule has 4 rings (SSSR count). The minimum absolute atomic E-state index is 0. The number of sulfonamides is 1. The van der Waals surface area contributed by atoms with Crippen LogP contribution in [-0.2, 0) is 10.0 Å². The fourth-order valence-corrected chi connectivity index (χ4v) is 6.88. The van der Waals surface area contributed by atoms with E-state index in [0.717, 1.165) is 17.8 Å². The minimum Gasteiger partial charge on any atom is -0.494 e. The number of hydrogen-bond donors (Lipinski definition) is 0. The first-order valence-electron chi connectivity index (χ1n) is 13.0. The number of hydrogen-bond acceptors (Lipinski definition) is 7. The van der Waals surface area contributed by atoms with E-state index in [4.69, 9.17) is 9.72 Å². The van der Waals surface area contributed by atoms with Crippen LogP contribution in [0.5, 0.6) is 5.75 Å². The number of ether oxygens (including phenoxy) is 1. The van der Waals surface area contributed by atoms with Gasteiger partial charge in [0.15, 0.2) is 5.13 Å². The first-order chi connectivity index (χ1) is 18.8. The number of para-hydroxylation sites is 2. The van der Waals surface area contributed by atoms with Gasteiger partial charge < -0.3 is 9.64 Å². The van der Waals surface area contributed by atoms with Gasteiger partial charge in [-0.2, -0.15) is 0 Å². The second-order valence-electron chi connectivity index (χ2n) is 8.82. The molecule has 0 saturated heterocycles. The van der Waals surface area contributed by atoms with Crippen LogP contribution >= 0.6 is 23.7 Å². The highest BCUT2D eigenvalue weighted by Crippen LogP contribution is 2.34. The Kier molecular flexibility index (Phi) is 10.9. The molecule has 1 amide bonds. The average molecular weight is 603 g/mol. The van der Waals surface area contributed by atoms with E-state index >= 15 is 0 Å². The zero-order valence-corrected chi connectivity index (χ0v) is 25.6. The van der Waals surface area contributed by atoms with Crippen molar-refractivity contribution in [2.75, 3.05) is 49.0 Å². The third-order valence-corrected chi connectivity index (χ3v) is 9.58. The molecule has 3 aromatic carbocycles. The Hall–Kier alpha value is -3.18. The summed E-state index contributed by atoms with van der Waals surface area (Å²) in [6, 6.07) is 20.8. The van der Waals surface area contributed by atoms with E-state index in [9.17, 15) is 13.2 Å². The van der Waals surface area contributed by atoms with Gasteiger partial charge in [0.2, 0.25) is 0 Å². The Morgan fingerprint density at radius 2 is 1.55 bits per heavy atom. The molecule has 8 nitrogen and oxygen atoms in total. The van der Waals surface area contributed by atoms with E-state index in [1.807, 2.05) is 24.3 Å². The molecule has 1 heterocycles. The molecule has 0 spiro atoms. The maximum absolute atomic E-state index is 13.8. The fraction of sp³-hybridized carbons (Fsp3) is 0.310. The van der Waals surface area contributed by atoms with E-state index in [-0.39, 0.29) is 29.8 Å². The van der Waals surface area contributed by atoms with Crippen molar-refractivity contribution in [2.24, 2.45) is 0 Å². The lowest BCUT2D eigenvalue weighted by atomic mass is 10.2. The number of amides is 1. The molecule has 0 saturated carbocycles. The summed E-state index contributed by atoms with van der Waals surface area (Å²) in [5.41, 5.74) is 1.69. The smallest absolute Gasteiger partial charge is 0.264 e. The number of anilines is 2. The van der Waals surface area contributed by atoms with E-state index in [0.29, 0.717) is 40.7 Å². The topological polar surface area (TPSA) is 83.1 Å². The van der Waals surface area contributed by atoms with Crippen molar-refractivity contribution in [3.63, 3.8) is 0 Å². The minimum atomic E-state index is -3.79. The quantitative estimate of drug-likeness (QED) is 0.200. The predicted molar refractivity (Wildman–Crippen MR) is 166 cm³/mol. The number of carbonyl (C=O) groups excluding carboxylic acids is 1. The summed E-state index contributed by atoms with van der Waals surface area (Å²) in [6.07, 6.45) is 0. The van der Waals surface area contributed by atoms with Gasteiger partial charge in [0.1, 0.15) is 11.3 Å². The lowest BCUT2D eigenvalue weighted by molar-refractivity contribution is 0.0983. The Labute approximate surface area is 246 Å². The Balaban J connectivity index is 0.00000441. The molecule has 214 valence electrons. The Morgan fingerprint density at radius 1 is 0.875 bits per heavy atom. The van der Waals surface area contributed by atoms with Gasteiger partial charge >= 0.3 is 0 Å². The van der Waals surface area contributed by atoms with Crippen molar-refractivity contribution >= 4 is 60.7 Å². The summed E-state index contributed by atoms with van der Waals surface area (Å²) < 4.78 is 34.6. The van der Waals surface area contributed by atoms with E-state index in [1.54, 1.807) is 55.3 Å². The molecule has 11 heteroatoms. The molecule has 1 aromatic heterocycles. The van der Waals surface area contributed by atoms with Crippen LogP contribution in [0.4, 0.5) is 10.8 Å². The molecule has 0 unspecified atom stereocenters. The van der Waals surface area contributed by atoms with Gasteiger partial charge in [-0.05, 0) is 68.5 Å². The van der Waals surface area contributed by atoms with Crippen molar-refractivity contribution in [3.8, 4) is 5.75 Å². The van der Waals surface area contributed by atoms with E-state index in [1.165, 1.54) is 27.8 Å². The van der Waals surface area contributed by atoms with Crippen molar-refractivity contribution in [3.05, 3.63) is 78.4 Å². The first kappa shape index (κ1) is 31.3. The van der Waals surface area contributed by atoms with E-state index < -0.39 is 10.0 Å². The van der Waals surface area contributed by atoms with Gasteiger partial charge in [0, 0.05) is 25.2 Å². The molecule has 0 atom stereocenters. The molecule has 0 aliphatic heterocycles. The molecule has 40 heavy (non-hydrogen) atoms. The number of methoxy groups -OCH3 is 1. The van der Waals surface area contributed by atoms with Gasteiger partial charge in [0.05, 0.1) is 22.4 Å². The first-order valence-corrected chi connectivity index (χ1v) is 15.2. The molecule has 0 bridgehead atoms. The summed E-state index contributed by atoms with van der Waals surface area (Å²) in [5, 5.41) is 0.574. The second kappa shape index (κ2) is 13.9. The Bertz CT molecular complexity index is 1510. The number of halogens is 1. The number of thiazole rings is 1. The van der Waals surface area contributed by atoms with Crippen molar-refractivity contribution in [1.82, 2.24) is 9.88 Å². The lowest BCUT2D eigenvalue weighted by Crippen LogP contribution is -2.39. The van der Waals surface area contributed by atoms with Gasteiger partial charge in [-0.1, -0.05) is 49.4 Å². The largest absolute Gasteiger partial charge is 0.494 e. The molecular weight excluding hydrogens is 568 g/mol. The maximum atomic E-state index is 13.8. The van der Waals surface area contributed by atoms with Crippen LogP contribution in [0.15, 0.2) is 77.7 Å². The van der Waals surface area contributed by atoms with E-state index in [2.05, 4.69) is 18.7 Å². The number of fused-ring (bicyclic) bond motifs is 1. The van der Waals surface area contributed by atoms with Gasteiger partial charge in [-0.15, -0.1) is 12.4 Å². The molecule has 0 aliphatic carbocycles. The van der Waals surface area contributed by atoms with Crippen LogP contribution in [0.2, 0.25) is 0 Å². The van der Waals surface area contributed by atoms with Gasteiger partial charge in [0.25, 0.3) is 15.9 Å². The normalized spacial score (nSPS) is 11.3. The van der Waals surface area contributed by atoms with Crippen molar-refractivity contribution < 1.29 is 17.9 Å². The van der Waals surface area contributed by atoms with Crippen LogP contribution in [0.25, 0.3) is 10.2 Å². The molecule has 0 fully saturated rings. The van der Waals surface area contributed by atoms with Gasteiger partial charge in [-0.3, -0.25) is 14.0 Å². The van der Waals surface area contributed by atoms with Crippen LogP contribution in [0.1, 0.15) is 31.1 Å². The number of likely N-dealkylation sites (N-methyl/N-ethyl adjacent to an activating group) is 1. The fourth-order valence-electron chi connectivity index (χ4n) is 4.40. The van der Waals surface area contributed by atoms with Crippen LogP contribution in [0.3, 0.4) is 0 Å². The molecular formula is C29H35ClN4O4S2. The zero-order valence-electron chi connectivity index (χ0n) is 23.1. The second-order valence-corrected chi connectivity index (χ2v) is 11.7. The van der Waals surface area contributed by atoms with Crippen molar-refractivity contribution in [2.45, 2.75) is 25.7 Å². The SMILES string of the molecule is CCN(CC)CCN(C(=O)c1ccc(S(=O)(=O)N(CC)c2ccccc2)cc1)c1nc2c(OC)cccc2s1.Cl. The summed E-state index contributed by atoms with van der Waals surface area (Å²) in [7, 11) is -2.19. The number of nitrogens with zero attached hydrogens (tertiary/aromatic N) is 4. The molecule has 0 radical (unpaired) electrons. The molecule has 0 N–H and O–H groups in total.